The van der Waals surface area contributed by atoms with E-state index < -0.39 is 0 Å². The highest BCUT2D eigenvalue weighted by molar-refractivity contribution is 4.77. The molecule has 0 bridgehead atoms. The van der Waals surface area contributed by atoms with Crippen molar-refractivity contribution in [1.82, 2.24) is 4.90 Å². The molecule has 1 rings (SSSR count). The van der Waals surface area contributed by atoms with Gasteiger partial charge in [0, 0.05) is 12.6 Å². The monoisotopic (exact) mass is 213 g/mol. The number of hydrogen-bond acceptors (Lipinski definition) is 2. The van der Waals surface area contributed by atoms with Crippen LogP contribution in [0.2, 0.25) is 0 Å². The van der Waals surface area contributed by atoms with Crippen molar-refractivity contribution in [2.45, 2.75) is 58.4 Å². The first kappa shape index (κ1) is 13.0. The summed E-state index contributed by atoms with van der Waals surface area (Å²) in [5.41, 5.74) is 0. The Labute approximate surface area is 94.7 Å². The van der Waals surface area contributed by atoms with E-state index in [1.165, 1.54) is 51.6 Å². The minimum absolute atomic E-state index is 0.389. The average molecular weight is 213 g/mol. The Morgan fingerprint density at radius 2 is 1.67 bits per heavy atom. The molecule has 0 aromatic rings. The predicted molar refractivity (Wildman–Crippen MR) is 65.0 cm³/mol. The van der Waals surface area contributed by atoms with E-state index in [2.05, 4.69) is 18.7 Å². The molecular weight excluding hydrogens is 186 g/mol. The molecule has 0 saturated carbocycles. The number of rotatable bonds is 6. The summed E-state index contributed by atoms with van der Waals surface area (Å²) in [5.74, 6) is 0.574. The van der Waals surface area contributed by atoms with Gasteiger partial charge in [-0.2, -0.15) is 0 Å². The summed E-state index contributed by atoms with van der Waals surface area (Å²) in [6.07, 6.45) is 7.67. The fraction of sp³-hybridized carbons (Fsp3) is 1.00. The van der Waals surface area contributed by atoms with Gasteiger partial charge in [0.25, 0.3) is 0 Å². The minimum atomic E-state index is 0.389. The van der Waals surface area contributed by atoms with Crippen LogP contribution in [0, 0.1) is 5.92 Å². The van der Waals surface area contributed by atoms with Gasteiger partial charge in [-0.15, -0.1) is 0 Å². The van der Waals surface area contributed by atoms with Crippen molar-refractivity contribution in [2.75, 3.05) is 19.7 Å². The van der Waals surface area contributed by atoms with E-state index in [0.717, 1.165) is 6.04 Å². The average Bonchev–Trinajstić information content (AvgIpc) is 2.29. The van der Waals surface area contributed by atoms with Gasteiger partial charge >= 0.3 is 0 Å². The van der Waals surface area contributed by atoms with Crippen LogP contribution in [0.4, 0.5) is 0 Å². The molecule has 0 aliphatic carbocycles. The molecule has 1 saturated heterocycles. The zero-order valence-corrected chi connectivity index (χ0v) is 10.4. The number of nitrogens with zero attached hydrogens (tertiary/aromatic N) is 1. The molecule has 1 heterocycles. The summed E-state index contributed by atoms with van der Waals surface area (Å²) in [4.78, 5) is 2.65. The fourth-order valence-corrected chi connectivity index (χ4v) is 2.68. The predicted octanol–water partition coefficient (Wildman–Crippen LogP) is 2.66. The third kappa shape index (κ3) is 4.12. The molecule has 2 heteroatoms. The Morgan fingerprint density at radius 3 is 2.07 bits per heavy atom. The third-order valence-electron chi connectivity index (χ3n) is 3.67. The van der Waals surface area contributed by atoms with Gasteiger partial charge in [0.2, 0.25) is 0 Å². The summed E-state index contributed by atoms with van der Waals surface area (Å²) in [6.45, 7) is 7.36. The first-order chi connectivity index (χ1) is 7.31. The largest absolute Gasteiger partial charge is 0.396 e. The molecule has 1 N–H and O–H groups in total. The molecule has 0 unspecified atom stereocenters. The van der Waals surface area contributed by atoms with Crippen LogP contribution in [-0.2, 0) is 0 Å². The number of hydrogen-bond donors (Lipinski definition) is 1. The first-order valence-electron chi connectivity index (χ1n) is 6.66. The lowest BCUT2D eigenvalue weighted by atomic mass is 9.94. The van der Waals surface area contributed by atoms with Crippen LogP contribution >= 0.6 is 0 Å². The maximum atomic E-state index is 9.10. The molecule has 0 aromatic carbocycles. The first-order valence-corrected chi connectivity index (χ1v) is 6.66. The zero-order chi connectivity index (χ0) is 11.1. The molecule has 2 nitrogen and oxygen atoms in total. The van der Waals surface area contributed by atoms with Crippen LogP contribution in [0.15, 0.2) is 0 Å². The molecule has 15 heavy (non-hydrogen) atoms. The lowest BCUT2D eigenvalue weighted by Crippen LogP contribution is -2.42. The third-order valence-corrected chi connectivity index (χ3v) is 3.67. The zero-order valence-electron chi connectivity index (χ0n) is 10.4. The van der Waals surface area contributed by atoms with Gasteiger partial charge in [-0.25, -0.2) is 0 Å². The van der Waals surface area contributed by atoms with E-state index in [-0.39, 0.29) is 0 Å². The van der Waals surface area contributed by atoms with Crippen molar-refractivity contribution < 1.29 is 5.11 Å². The summed E-state index contributed by atoms with van der Waals surface area (Å²) >= 11 is 0. The van der Waals surface area contributed by atoms with Crippen molar-refractivity contribution in [1.29, 1.82) is 0 Å². The Kier molecular flexibility index (Phi) is 6.26. The van der Waals surface area contributed by atoms with E-state index in [9.17, 15) is 0 Å². The van der Waals surface area contributed by atoms with Crippen LogP contribution in [0.1, 0.15) is 52.4 Å². The Balaban J connectivity index is 2.34. The van der Waals surface area contributed by atoms with Crippen LogP contribution in [0.5, 0.6) is 0 Å². The lowest BCUT2D eigenvalue weighted by molar-refractivity contribution is 0.0920. The van der Waals surface area contributed by atoms with Crippen molar-refractivity contribution in [3.63, 3.8) is 0 Å². The van der Waals surface area contributed by atoms with E-state index in [1.807, 2.05) is 0 Å². The highest BCUT2D eigenvalue weighted by atomic mass is 16.3. The lowest BCUT2D eigenvalue weighted by Gasteiger charge is -2.37. The van der Waals surface area contributed by atoms with Crippen molar-refractivity contribution in [3.05, 3.63) is 0 Å². The van der Waals surface area contributed by atoms with Gasteiger partial charge in [0.15, 0.2) is 0 Å². The number of aliphatic hydroxyl groups is 1. The number of piperidine rings is 1. The second-order valence-corrected chi connectivity index (χ2v) is 4.89. The van der Waals surface area contributed by atoms with Gasteiger partial charge in [-0.05, 0) is 44.7 Å². The highest BCUT2D eigenvalue weighted by Crippen LogP contribution is 2.22. The molecule has 0 atom stereocenters. The standard InChI is InChI=1S/C13H27NO/c1-3-5-13(6-4-2)14-9-7-12(11-15)8-10-14/h12-13,15H,3-11H2,1-2H3. The SMILES string of the molecule is CCCC(CCC)N1CCC(CO)CC1. The molecule has 0 spiro atoms. The summed E-state index contributed by atoms with van der Waals surface area (Å²) < 4.78 is 0. The van der Waals surface area contributed by atoms with Gasteiger partial charge in [-0.1, -0.05) is 26.7 Å². The molecule has 1 aliphatic heterocycles. The summed E-state index contributed by atoms with van der Waals surface area (Å²) in [6, 6.07) is 0.805. The summed E-state index contributed by atoms with van der Waals surface area (Å²) in [7, 11) is 0. The molecule has 1 aliphatic rings. The van der Waals surface area contributed by atoms with E-state index in [1.54, 1.807) is 0 Å². The molecular formula is C13H27NO. The minimum Gasteiger partial charge on any atom is -0.396 e. The van der Waals surface area contributed by atoms with Crippen molar-refractivity contribution in [2.24, 2.45) is 5.92 Å². The molecule has 90 valence electrons. The summed E-state index contributed by atoms with van der Waals surface area (Å²) in [5, 5.41) is 9.10. The number of aliphatic hydroxyl groups excluding tert-OH is 1. The molecule has 0 radical (unpaired) electrons. The quantitative estimate of drug-likeness (QED) is 0.733. The molecule has 0 aromatic heterocycles. The Hall–Kier alpha value is -0.0800. The van der Waals surface area contributed by atoms with Gasteiger partial charge in [0.05, 0.1) is 0 Å². The van der Waals surface area contributed by atoms with E-state index >= 15 is 0 Å². The fourth-order valence-electron chi connectivity index (χ4n) is 2.68. The van der Waals surface area contributed by atoms with Crippen LogP contribution in [0.25, 0.3) is 0 Å². The highest BCUT2D eigenvalue weighted by Gasteiger charge is 2.23. The second kappa shape index (κ2) is 7.24. The van der Waals surface area contributed by atoms with Crippen molar-refractivity contribution >= 4 is 0 Å². The number of likely N-dealkylation sites (tertiary alicyclic amines) is 1. The van der Waals surface area contributed by atoms with E-state index in [0.29, 0.717) is 12.5 Å². The molecule has 0 amide bonds. The van der Waals surface area contributed by atoms with Gasteiger partial charge in [-0.3, -0.25) is 0 Å². The normalized spacial score (nSPS) is 20.0. The smallest absolute Gasteiger partial charge is 0.0460 e. The van der Waals surface area contributed by atoms with Crippen LogP contribution < -0.4 is 0 Å². The topological polar surface area (TPSA) is 23.5 Å². The van der Waals surface area contributed by atoms with Crippen LogP contribution in [-0.4, -0.2) is 35.7 Å². The van der Waals surface area contributed by atoms with Gasteiger partial charge in [0.1, 0.15) is 0 Å². The van der Waals surface area contributed by atoms with E-state index in [4.69, 9.17) is 5.11 Å². The maximum Gasteiger partial charge on any atom is 0.0460 e. The van der Waals surface area contributed by atoms with Gasteiger partial charge < -0.3 is 10.0 Å². The maximum absolute atomic E-state index is 9.10. The van der Waals surface area contributed by atoms with Crippen molar-refractivity contribution in [3.8, 4) is 0 Å². The Bertz CT molecular complexity index is 147. The van der Waals surface area contributed by atoms with Crippen LogP contribution in [0.3, 0.4) is 0 Å². The second-order valence-electron chi connectivity index (χ2n) is 4.89. The Morgan fingerprint density at radius 1 is 1.13 bits per heavy atom. The molecule has 1 fully saturated rings.